The first-order valence-electron chi connectivity index (χ1n) is 7.41. The Morgan fingerprint density at radius 2 is 1.59 bits per heavy atom. The summed E-state index contributed by atoms with van der Waals surface area (Å²) in [4.78, 5) is 8.79. The lowest BCUT2D eigenvalue weighted by atomic mass is 10.1. The SMILES string of the molecule is CN1CN(c2ccc(-c3cccnc3)cc2)c2ccccc21. The molecule has 0 atom stereocenters. The number of aromatic nitrogens is 1. The van der Waals surface area contributed by atoms with E-state index in [4.69, 9.17) is 0 Å². The van der Waals surface area contributed by atoms with Crippen molar-refractivity contribution in [3.8, 4) is 11.1 Å². The number of hydrogen-bond donors (Lipinski definition) is 0. The van der Waals surface area contributed by atoms with Crippen molar-refractivity contribution in [2.75, 3.05) is 23.5 Å². The molecule has 0 N–H and O–H groups in total. The van der Waals surface area contributed by atoms with Gasteiger partial charge in [0, 0.05) is 25.1 Å². The molecule has 0 saturated carbocycles. The number of para-hydroxylation sites is 2. The second-order valence-electron chi connectivity index (χ2n) is 5.54. The number of anilines is 3. The van der Waals surface area contributed by atoms with Crippen molar-refractivity contribution in [2.45, 2.75) is 0 Å². The monoisotopic (exact) mass is 287 g/mol. The van der Waals surface area contributed by atoms with Crippen LogP contribution < -0.4 is 9.80 Å². The zero-order valence-electron chi connectivity index (χ0n) is 12.5. The maximum atomic E-state index is 4.18. The van der Waals surface area contributed by atoms with Crippen LogP contribution in [0.3, 0.4) is 0 Å². The van der Waals surface area contributed by atoms with Gasteiger partial charge in [0.05, 0.1) is 18.0 Å². The van der Waals surface area contributed by atoms with Gasteiger partial charge in [-0.25, -0.2) is 0 Å². The first-order valence-corrected chi connectivity index (χ1v) is 7.41. The highest BCUT2D eigenvalue weighted by atomic mass is 15.4. The van der Waals surface area contributed by atoms with E-state index in [-0.39, 0.29) is 0 Å². The second-order valence-corrected chi connectivity index (χ2v) is 5.54. The average molecular weight is 287 g/mol. The third-order valence-corrected chi connectivity index (χ3v) is 4.11. The van der Waals surface area contributed by atoms with E-state index in [0.29, 0.717) is 0 Å². The molecule has 0 bridgehead atoms. The maximum Gasteiger partial charge on any atom is 0.0950 e. The van der Waals surface area contributed by atoms with Gasteiger partial charge in [-0.2, -0.15) is 0 Å². The first kappa shape index (κ1) is 12.9. The van der Waals surface area contributed by atoms with E-state index in [1.54, 1.807) is 6.20 Å². The molecule has 22 heavy (non-hydrogen) atoms. The topological polar surface area (TPSA) is 19.4 Å². The normalized spacial score (nSPS) is 13.3. The van der Waals surface area contributed by atoms with Gasteiger partial charge in [0.25, 0.3) is 0 Å². The Morgan fingerprint density at radius 3 is 2.32 bits per heavy atom. The first-order chi connectivity index (χ1) is 10.8. The van der Waals surface area contributed by atoms with Crippen molar-refractivity contribution >= 4 is 17.1 Å². The Labute approximate surface area is 130 Å². The van der Waals surface area contributed by atoms with E-state index in [9.17, 15) is 0 Å². The van der Waals surface area contributed by atoms with Gasteiger partial charge >= 0.3 is 0 Å². The average Bonchev–Trinajstić information content (AvgIpc) is 2.93. The largest absolute Gasteiger partial charge is 0.355 e. The van der Waals surface area contributed by atoms with Gasteiger partial charge in [-0.3, -0.25) is 4.98 Å². The number of benzene rings is 2. The second kappa shape index (κ2) is 5.19. The zero-order chi connectivity index (χ0) is 14.9. The van der Waals surface area contributed by atoms with E-state index < -0.39 is 0 Å². The Morgan fingerprint density at radius 1 is 0.818 bits per heavy atom. The molecule has 3 heteroatoms. The summed E-state index contributed by atoms with van der Waals surface area (Å²) in [5, 5.41) is 0. The van der Waals surface area contributed by atoms with E-state index in [1.165, 1.54) is 22.6 Å². The smallest absolute Gasteiger partial charge is 0.0950 e. The minimum Gasteiger partial charge on any atom is -0.355 e. The quantitative estimate of drug-likeness (QED) is 0.700. The molecule has 3 nitrogen and oxygen atoms in total. The summed E-state index contributed by atoms with van der Waals surface area (Å²) in [6.45, 7) is 0.881. The maximum absolute atomic E-state index is 4.18. The standard InChI is InChI=1S/C19H17N3/c1-21-14-22(19-7-3-2-6-18(19)21)17-10-8-15(9-11-17)16-5-4-12-20-13-16/h2-13H,14H2,1H3. The van der Waals surface area contributed by atoms with Crippen LogP contribution in [0.25, 0.3) is 11.1 Å². The molecule has 4 rings (SSSR count). The van der Waals surface area contributed by atoms with Gasteiger partial charge in [-0.05, 0) is 41.5 Å². The fraction of sp³-hybridized carbons (Fsp3) is 0.105. The number of hydrogen-bond acceptors (Lipinski definition) is 3. The summed E-state index contributed by atoms with van der Waals surface area (Å²) >= 11 is 0. The van der Waals surface area contributed by atoms with E-state index in [2.05, 4.69) is 76.4 Å². The van der Waals surface area contributed by atoms with Gasteiger partial charge in [-0.1, -0.05) is 30.3 Å². The van der Waals surface area contributed by atoms with Gasteiger partial charge in [-0.15, -0.1) is 0 Å². The van der Waals surface area contributed by atoms with Crippen LogP contribution >= 0.6 is 0 Å². The molecule has 2 aromatic carbocycles. The highest BCUT2D eigenvalue weighted by Gasteiger charge is 2.23. The number of pyridine rings is 1. The molecule has 0 spiro atoms. The molecule has 1 aliphatic heterocycles. The molecule has 0 aliphatic carbocycles. The van der Waals surface area contributed by atoms with E-state index in [0.717, 1.165) is 12.2 Å². The van der Waals surface area contributed by atoms with Gasteiger partial charge in [0.1, 0.15) is 0 Å². The lowest BCUT2D eigenvalue weighted by Gasteiger charge is -2.19. The predicted octanol–water partition coefficient (Wildman–Crippen LogP) is 4.29. The number of fused-ring (bicyclic) bond motifs is 1. The Kier molecular flexibility index (Phi) is 3.04. The van der Waals surface area contributed by atoms with Crippen molar-refractivity contribution in [2.24, 2.45) is 0 Å². The highest BCUT2D eigenvalue weighted by molar-refractivity contribution is 5.82. The molecule has 3 aromatic rings. The molecule has 1 aliphatic rings. The minimum absolute atomic E-state index is 0.881. The Bertz CT molecular complexity index is 781. The highest BCUT2D eigenvalue weighted by Crippen LogP contribution is 2.39. The predicted molar refractivity (Wildman–Crippen MR) is 91.5 cm³/mol. The Hall–Kier alpha value is -2.81. The fourth-order valence-electron chi connectivity index (χ4n) is 2.97. The lowest BCUT2D eigenvalue weighted by molar-refractivity contribution is 0.950. The molecular formula is C19H17N3. The molecular weight excluding hydrogens is 270 g/mol. The molecule has 0 amide bonds. The van der Waals surface area contributed by atoms with Crippen molar-refractivity contribution in [1.82, 2.24) is 4.98 Å². The summed E-state index contributed by atoms with van der Waals surface area (Å²) < 4.78 is 0. The molecule has 1 aromatic heterocycles. The summed E-state index contributed by atoms with van der Waals surface area (Å²) in [5.74, 6) is 0. The molecule has 2 heterocycles. The van der Waals surface area contributed by atoms with Crippen LogP contribution in [0, 0.1) is 0 Å². The van der Waals surface area contributed by atoms with Crippen LogP contribution in [0.2, 0.25) is 0 Å². The third-order valence-electron chi connectivity index (χ3n) is 4.11. The molecule has 108 valence electrons. The Balaban J connectivity index is 1.68. The van der Waals surface area contributed by atoms with Gasteiger partial charge in [0.2, 0.25) is 0 Å². The van der Waals surface area contributed by atoms with Crippen LogP contribution in [0.15, 0.2) is 73.1 Å². The third kappa shape index (κ3) is 2.11. The van der Waals surface area contributed by atoms with Crippen molar-refractivity contribution in [3.63, 3.8) is 0 Å². The lowest BCUT2D eigenvalue weighted by Crippen LogP contribution is -2.23. The summed E-state index contributed by atoms with van der Waals surface area (Å²) in [5.41, 5.74) is 6.09. The molecule has 0 radical (unpaired) electrons. The van der Waals surface area contributed by atoms with Crippen LogP contribution in [-0.4, -0.2) is 18.7 Å². The van der Waals surface area contributed by atoms with E-state index in [1.807, 2.05) is 12.3 Å². The number of rotatable bonds is 2. The van der Waals surface area contributed by atoms with Crippen LogP contribution in [-0.2, 0) is 0 Å². The van der Waals surface area contributed by atoms with Crippen molar-refractivity contribution in [1.29, 1.82) is 0 Å². The molecule has 0 unspecified atom stereocenters. The zero-order valence-corrected chi connectivity index (χ0v) is 12.5. The van der Waals surface area contributed by atoms with Gasteiger partial charge < -0.3 is 9.80 Å². The van der Waals surface area contributed by atoms with Gasteiger partial charge in [0.15, 0.2) is 0 Å². The minimum atomic E-state index is 0.881. The van der Waals surface area contributed by atoms with Crippen LogP contribution in [0.4, 0.5) is 17.1 Å². The van der Waals surface area contributed by atoms with Crippen molar-refractivity contribution < 1.29 is 0 Å². The number of nitrogens with zero attached hydrogens (tertiary/aromatic N) is 3. The van der Waals surface area contributed by atoms with Crippen molar-refractivity contribution in [3.05, 3.63) is 73.1 Å². The molecule has 0 fully saturated rings. The van der Waals surface area contributed by atoms with Crippen LogP contribution in [0.5, 0.6) is 0 Å². The summed E-state index contributed by atoms with van der Waals surface area (Å²) in [6.07, 6.45) is 3.70. The van der Waals surface area contributed by atoms with Crippen LogP contribution in [0.1, 0.15) is 0 Å². The molecule has 0 saturated heterocycles. The summed E-state index contributed by atoms with van der Waals surface area (Å²) in [6, 6.07) is 21.2. The fourth-order valence-corrected chi connectivity index (χ4v) is 2.97. The van der Waals surface area contributed by atoms with E-state index >= 15 is 0 Å². The summed E-state index contributed by atoms with van der Waals surface area (Å²) in [7, 11) is 2.13.